The summed E-state index contributed by atoms with van der Waals surface area (Å²) in [6.07, 6.45) is 5.52. The van der Waals surface area contributed by atoms with E-state index in [-0.39, 0.29) is 0 Å². The third-order valence-electron chi connectivity index (χ3n) is 3.44. The summed E-state index contributed by atoms with van der Waals surface area (Å²) in [5.74, 6) is 1.52. The normalized spacial score (nSPS) is 11.0. The number of benzene rings is 2. The number of hydrogen-bond acceptors (Lipinski definition) is 4. The second-order valence-electron chi connectivity index (χ2n) is 4.72. The predicted molar refractivity (Wildman–Crippen MR) is 88.0 cm³/mol. The molecular weight excluding hydrogens is 276 g/mol. The Balaban J connectivity index is 2.00. The van der Waals surface area contributed by atoms with E-state index < -0.39 is 0 Å². The number of hydrogen-bond donors (Lipinski definition) is 0. The van der Waals surface area contributed by atoms with Crippen molar-refractivity contribution in [1.82, 2.24) is 9.97 Å². The Morgan fingerprint density at radius 1 is 0.909 bits per heavy atom. The maximum Gasteiger partial charge on any atom is 0.129 e. The number of methoxy groups -OCH3 is 2. The molecular formula is C18H16N2O2. The van der Waals surface area contributed by atoms with Gasteiger partial charge < -0.3 is 9.47 Å². The summed E-state index contributed by atoms with van der Waals surface area (Å²) in [6, 6.07) is 13.7. The smallest absolute Gasteiger partial charge is 0.129 e. The van der Waals surface area contributed by atoms with Gasteiger partial charge >= 0.3 is 0 Å². The minimum Gasteiger partial charge on any atom is -0.497 e. The van der Waals surface area contributed by atoms with Crippen LogP contribution in [0.3, 0.4) is 0 Å². The lowest BCUT2D eigenvalue weighted by Crippen LogP contribution is -1.90. The first-order chi connectivity index (χ1) is 10.8. The number of nitrogens with zero attached hydrogens (tertiary/aromatic N) is 2. The molecule has 0 radical (unpaired) electrons. The van der Waals surface area contributed by atoms with Crippen LogP contribution in [0.1, 0.15) is 11.3 Å². The molecule has 0 saturated carbocycles. The summed E-state index contributed by atoms with van der Waals surface area (Å²) in [4.78, 5) is 8.61. The Kier molecular flexibility index (Phi) is 4.01. The molecule has 3 rings (SSSR count). The molecule has 110 valence electrons. The summed E-state index contributed by atoms with van der Waals surface area (Å²) >= 11 is 0. The number of ether oxygens (including phenoxy) is 2. The molecule has 0 aliphatic heterocycles. The van der Waals surface area contributed by atoms with Gasteiger partial charge in [-0.1, -0.05) is 18.2 Å². The van der Waals surface area contributed by atoms with Crippen LogP contribution in [0.5, 0.6) is 11.5 Å². The molecule has 0 atom stereocenters. The molecule has 0 unspecified atom stereocenters. The van der Waals surface area contributed by atoms with Gasteiger partial charge in [-0.15, -0.1) is 0 Å². The van der Waals surface area contributed by atoms with Crippen LogP contribution in [0.4, 0.5) is 0 Å². The molecule has 0 bridgehead atoms. The third kappa shape index (κ3) is 2.76. The molecule has 0 spiro atoms. The van der Waals surface area contributed by atoms with Crippen molar-refractivity contribution in [3.63, 3.8) is 0 Å². The number of aromatic nitrogens is 2. The first-order valence-corrected chi connectivity index (χ1v) is 6.91. The van der Waals surface area contributed by atoms with Gasteiger partial charge in [0, 0.05) is 17.0 Å². The highest BCUT2D eigenvalue weighted by Gasteiger charge is 2.03. The van der Waals surface area contributed by atoms with Crippen LogP contribution in [-0.4, -0.2) is 24.2 Å². The second kappa shape index (κ2) is 6.26. The van der Waals surface area contributed by atoms with Crippen LogP contribution in [0, 0.1) is 0 Å². The molecule has 1 heterocycles. The fraction of sp³-hybridized carbons (Fsp3) is 0.111. The van der Waals surface area contributed by atoms with Crippen LogP contribution in [0.2, 0.25) is 0 Å². The Morgan fingerprint density at radius 3 is 2.59 bits per heavy atom. The summed E-state index contributed by atoms with van der Waals surface area (Å²) in [7, 11) is 3.28. The highest BCUT2D eigenvalue weighted by Crippen LogP contribution is 2.26. The molecule has 3 aromatic rings. The molecule has 2 aromatic carbocycles. The van der Waals surface area contributed by atoms with Crippen molar-refractivity contribution in [2.24, 2.45) is 0 Å². The van der Waals surface area contributed by atoms with E-state index in [1.807, 2.05) is 54.6 Å². The van der Waals surface area contributed by atoms with E-state index in [0.717, 1.165) is 33.7 Å². The minimum atomic E-state index is 0.758. The van der Waals surface area contributed by atoms with Crippen molar-refractivity contribution >= 4 is 23.1 Å². The van der Waals surface area contributed by atoms with E-state index in [2.05, 4.69) is 9.97 Å². The van der Waals surface area contributed by atoms with Gasteiger partial charge in [-0.3, -0.25) is 0 Å². The van der Waals surface area contributed by atoms with Gasteiger partial charge in [-0.2, -0.15) is 0 Å². The molecule has 4 nitrogen and oxygen atoms in total. The minimum absolute atomic E-state index is 0.758. The summed E-state index contributed by atoms with van der Waals surface area (Å²) in [5.41, 5.74) is 2.77. The largest absolute Gasteiger partial charge is 0.497 e. The molecule has 0 N–H and O–H groups in total. The van der Waals surface area contributed by atoms with Gasteiger partial charge in [0.2, 0.25) is 0 Å². The van der Waals surface area contributed by atoms with Crippen molar-refractivity contribution in [2.75, 3.05) is 14.2 Å². The molecule has 4 heteroatoms. The van der Waals surface area contributed by atoms with Gasteiger partial charge in [-0.05, 0) is 30.4 Å². The average molecular weight is 292 g/mol. The Hall–Kier alpha value is -2.88. The van der Waals surface area contributed by atoms with Crippen LogP contribution in [0.25, 0.3) is 23.1 Å². The molecule has 0 amide bonds. The van der Waals surface area contributed by atoms with Gasteiger partial charge in [-0.25, -0.2) is 9.97 Å². The fourth-order valence-electron chi connectivity index (χ4n) is 2.28. The van der Waals surface area contributed by atoms with Gasteiger partial charge in [0.1, 0.15) is 17.8 Å². The molecule has 22 heavy (non-hydrogen) atoms. The van der Waals surface area contributed by atoms with Crippen LogP contribution in [-0.2, 0) is 0 Å². The SMILES string of the molecule is COc1ccc(/C=C/c2ncnc3ccccc23)c(OC)c1. The quantitative estimate of drug-likeness (QED) is 0.733. The van der Waals surface area contributed by atoms with E-state index in [0.29, 0.717) is 0 Å². The number of fused-ring (bicyclic) bond motifs is 1. The highest BCUT2D eigenvalue weighted by molar-refractivity contribution is 5.88. The van der Waals surface area contributed by atoms with Gasteiger partial charge in [0.05, 0.1) is 25.4 Å². The average Bonchev–Trinajstić information content (AvgIpc) is 2.59. The zero-order valence-electron chi connectivity index (χ0n) is 12.5. The maximum atomic E-state index is 5.40. The topological polar surface area (TPSA) is 44.2 Å². The number of rotatable bonds is 4. The molecule has 1 aromatic heterocycles. The highest BCUT2D eigenvalue weighted by atomic mass is 16.5. The van der Waals surface area contributed by atoms with Crippen molar-refractivity contribution in [3.05, 3.63) is 60.0 Å². The Morgan fingerprint density at radius 2 is 1.77 bits per heavy atom. The van der Waals surface area contributed by atoms with E-state index in [1.165, 1.54) is 0 Å². The standard InChI is InChI=1S/C18H16N2O2/c1-21-14-9-7-13(18(11-14)22-2)8-10-17-15-5-3-4-6-16(15)19-12-20-17/h3-12H,1-2H3/b10-8+. The first kappa shape index (κ1) is 14.1. The van der Waals surface area contributed by atoms with Crippen molar-refractivity contribution in [1.29, 1.82) is 0 Å². The van der Waals surface area contributed by atoms with Gasteiger partial charge in [0.15, 0.2) is 0 Å². The van der Waals surface area contributed by atoms with E-state index >= 15 is 0 Å². The molecule has 0 saturated heterocycles. The third-order valence-corrected chi connectivity index (χ3v) is 3.44. The van der Waals surface area contributed by atoms with Crippen LogP contribution in [0.15, 0.2) is 48.8 Å². The lowest BCUT2D eigenvalue weighted by Gasteiger charge is -2.07. The molecule has 0 aliphatic carbocycles. The zero-order chi connectivity index (χ0) is 15.4. The lowest BCUT2D eigenvalue weighted by atomic mass is 10.1. The van der Waals surface area contributed by atoms with Crippen LogP contribution >= 0.6 is 0 Å². The van der Waals surface area contributed by atoms with E-state index in [4.69, 9.17) is 9.47 Å². The van der Waals surface area contributed by atoms with E-state index in [1.54, 1.807) is 20.5 Å². The van der Waals surface area contributed by atoms with E-state index in [9.17, 15) is 0 Å². The second-order valence-corrected chi connectivity index (χ2v) is 4.72. The maximum absolute atomic E-state index is 5.40. The Bertz CT molecular complexity index is 823. The summed E-state index contributed by atoms with van der Waals surface area (Å²) in [6.45, 7) is 0. The lowest BCUT2D eigenvalue weighted by molar-refractivity contribution is 0.394. The van der Waals surface area contributed by atoms with Crippen molar-refractivity contribution in [3.8, 4) is 11.5 Å². The van der Waals surface area contributed by atoms with Crippen LogP contribution < -0.4 is 9.47 Å². The fourth-order valence-corrected chi connectivity index (χ4v) is 2.28. The Labute approximate surface area is 129 Å². The molecule has 0 fully saturated rings. The van der Waals surface area contributed by atoms with Gasteiger partial charge in [0.25, 0.3) is 0 Å². The van der Waals surface area contributed by atoms with Crippen molar-refractivity contribution < 1.29 is 9.47 Å². The van der Waals surface area contributed by atoms with Crippen molar-refractivity contribution in [2.45, 2.75) is 0 Å². The summed E-state index contributed by atoms with van der Waals surface area (Å²) < 4.78 is 10.6. The predicted octanol–water partition coefficient (Wildman–Crippen LogP) is 3.82. The zero-order valence-corrected chi connectivity index (χ0v) is 12.5. The summed E-state index contributed by atoms with van der Waals surface area (Å²) in [5, 5.41) is 1.02. The number of para-hydroxylation sites is 1. The first-order valence-electron chi connectivity index (χ1n) is 6.91. The monoisotopic (exact) mass is 292 g/mol. The molecule has 0 aliphatic rings.